The van der Waals surface area contributed by atoms with Gasteiger partial charge < -0.3 is 14.2 Å². The fourth-order valence-corrected chi connectivity index (χ4v) is 3.38. The summed E-state index contributed by atoms with van der Waals surface area (Å²) in [5.41, 5.74) is 3.90. The van der Waals surface area contributed by atoms with Crippen molar-refractivity contribution in [3.63, 3.8) is 0 Å². The molecule has 1 heterocycles. The van der Waals surface area contributed by atoms with Gasteiger partial charge >= 0.3 is 0 Å². The number of carbonyl (C=O) groups is 1. The van der Waals surface area contributed by atoms with Crippen molar-refractivity contribution in [2.45, 2.75) is 0 Å². The molecule has 0 aliphatic carbocycles. The summed E-state index contributed by atoms with van der Waals surface area (Å²) in [7, 11) is 3.55. The van der Waals surface area contributed by atoms with E-state index in [0.29, 0.717) is 10.6 Å². The largest absolute Gasteiger partial charge is 0.386 e. The van der Waals surface area contributed by atoms with Crippen LogP contribution in [0.5, 0.6) is 0 Å². The summed E-state index contributed by atoms with van der Waals surface area (Å²) in [5, 5.41) is 5.86. The molecule has 26 heavy (non-hydrogen) atoms. The summed E-state index contributed by atoms with van der Waals surface area (Å²) in [6.07, 6.45) is 0.770. The lowest BCUT2D eigenvalue weighted by Crippen LogP contribution is -1.95. The number of rotatable bonds is 6. The highest BCUT2D eigenvalue weighted by Gasteiger charge is 2.05. The summed E-state index contributed by atoms with van der Waals surface area (Å²) in [6.45, 7) is 0. The van der Waals surface area contributed by atoms with Crippen LogP contribution in [0, 0.1) is 0 Å². The smallest absolute Gasteiger partial charge is 0.150 e. The van der Waals surface area contributed by atoms with Gasteiger partial charge in [-0.15, -0.1) is 11.3 Å². The summed E-state index contributed by atoms with van der Waals surface area (Å²) < 4.78 is 8.05. The van der Waals surface area contributed by atoms with E-state index in [1.165, 1.54) is 22.7 Å². The Labute approximate surface area is 166 Å². The maximum Gasteiger partial charge on any atom is 0.150 e. The molecule has 3 aromatic rings. The Kier molecular flexibility index (Phi) is 8.50. The number of aldehydes is 1. The number of anilines is 2. The minimum atomic E-state index is 0.597. The van der Waals surface area contributed by atoms with Crippen LogP contribution in [-0.2, 0) is 4.18 Å². The number of benzene rings is 2. The van der Waals surface area contributed by atoms with Gasteiger partial charge in [-0.1, -0.05) is 35.9 Å². The lowest BCUT2D eigenvalue weighted by molar-refractivity contribution is 0.112. The monoisotopic (exact) mass is 406 g/mol. The van der Waals surface area contributed by atoms with Crippen LogP contribution in [0.15, 0.2) is 60.0 Å². The van der Waals surface area contributed by atoms with Crippen LogP contribution in [-0.4, -0.2) is 20.4 Å². The quantitative estimate of drug-likeness (QED) is 0.288. The van der Waals surface area contributed by atoms with E-state index in [2.05, 4.69) is 39.7 Å². The van der Waals surface area contributed by atoms with Crippen molar-refractivity contribution in [3.8, 4) is 10.4 Å². The predicted octanol–water partition coefficient (Wildman–Crippen LogP) is 6.23. The molecule has 0 aliphatic heterocycles. The van der Waals surface area contributed by atoms with Gasteiger partial charge in [0.25, 0.3) is 0 Å². The van der Waals surface area contributed by atoms with E-state index in [1.54, 1.807) is 42.7 Å². The Balaban J connectivity index is 0.000000228. The second-order valence-corrected chi connectivity index (χ2v) is 7.10. The van der Waals surface area contributed by atoms with Gasteiger partial charge in [-0.25, -0.2) is 0 Å². The highest BCUT2D eigenvalue weighted by Crippen LogP contribution is 2.32. The number of hydrogen-bond acceptors (Lipinski definition) is 6. The third-order valence-corrected chi connectivity index (χ3v) is 4.94. The van der Waals surface area contributed by atoms with Gasteiger partial charge in [-0.05, 0) is 41.3 Å². The van der Waals surface area contributed by atoms with Crippen LogP contribution < -0.4 is 10.0 Å². The number of halogens is 1. The minimum Gasteiger partial charge on any atom is -0.386 e. The second kappa shape index (κ2) is 10.9. The van der Waals surface area contributed by atoms with E-state index in [9.17, 15) is 4.79 Å². The number of carbonyl (C=O) groups excluding carboxylic acids is 1. The summed E-state index contributed by atoms with van der Waals surface area (Å²) in [4.78, 5) is 11.4. The van der Waals surface area contributed by atoms with E-state index in [4.69, 9.17) is 15.8 Å². The number of thiophene rings is 1. The van der Waals surface area contributed by atoms with Crippen molar-refractivity contribution in [1.82, 2.24) is 0 Å². The maximum atomic E-state index is 10.1. The van der Waals surface area contributed by atoms with E-state index in [0.717, 1.165) is 17.7 Å². The minimum absolute atomic E-state index is 0.597. The lowest BCUT2D eigenvalue weighted by atomic mass is 10.1. The zero-order valence-electron chi connectivity index (χ0n) is 14.4. The molecule has 0 spiro atoms. The molecule has 0 bridgehead atoms. The second-order valence-electron chi connectivity index (χ2n) is 5.01. The molecule has 4 nitrogen and oxygen atoms in total. The van der Waals surface area contributed by atoms with E-state index in [-0.39, 0.29) is 0 Å². The molecule has 0 fully saturated rings. The van der Waals surface area contributed by atoms with E-state index < -0.39 is 0 Å². The lowest BCUT2D eigenvalue weighted by Gasteiger charge is -2.11. The number of nitrogens with one attached hydrogen (secondary N) is 2. The first kappa shape index (κ1) is 20.3. The average Bonchev–Trinajstić information content (AvgIpc) is 3.21. The summed E-state index contributed by atoms with van der Waals surface area (Å²) >= 11 is 8.51. The Hall–Kier alpha value is -1.99. The molecule has 0 unspecified atom stereocenters. The van der Waals surface area contributed by atoms with Crippen LogP contribution in [0.3, 0.4) is 0 Å². The third-order valence-electron chi connectivity index (χ3n) is 3.31. The molecule has 0 radical (unpaired) electrons. The van der Waals surface area contributed by atoms with Crippen molar-refractivity contribution < 1.29 is 8.98 Å². The fraction of sp³-hybridized carbons (Fsp3) is 0.105. The van der Waals surface area contributed by atoms with Gasteiger partial charge in [-0.2, -0.15) is 0 Å². The van der Waals surface area contributed by atoms with Crippen LogP contribution in [0.4, 0.5) is 11.4 Å². The highest BCUT2D eigenvalue weighted by molar-refractivity contribution is 7.96. The van der Waals surface area contributed by atoms with Crippen molar-refractivity contribution in [1.29, 1.82) is 0 Å². The van der Waals surface area contributed by atoms with Crippen molar-refractivity contribution in [3.05, 3.63) is 70.6 Å². The van der Waals surface area contributed by atoms with Crippen LogP contribution in [0.2, 0.25) is 5.02 Å². The molecule has 2 N–H and O–H groups in total. The van der Waals surface area contributed by atoms with Gasteiger partial charge in [0.05, 0.1) is 18.5 Å². The Bertz CT molecular complexity index is 826. The molecule has 2 aromatic carbocycles. The molecule has 136 valence electrons. The molecular weight excluding hydrogens is 388 g/mol. The first-order valence-electron chi connectivity index (χ1n) is 7.70. The zero-order chi connectivity index (χ0) is 18.8. The SMILES string of the molecule is CNc1cc(-c2cccs2)ccc1NSOC.O=Cc1cccc(Cl)c1. The predicted molar refractivity (Wildman–Crippen MR) is 114 cm³/mol. The molecule has 3 rings (SSSR count). The Morgan fingerprint density at radius 1 is 1.12 bits per heavy atom. The van der Waals surface area contributed by atoms with Crippen LogP contribution in [0.25, 0.3) is 10.4 Å². The van der Waals surface area contributed by atoms with Gasteiger partial charge in [0.1, 0.15) is 18.5 Å². The van der Waals surface area contributed by atoms with E-state index in [1.807, 2.05) is 13.1 Å². The molecular formula is C19H19ClN2O2S2. The number of hydrogen-bond donors (Lipinski definition) is 2. The fourth-order valence-electron chi connectivity index (χ4n) is 2.10. The first-order valence-corrected chi connectivity index (χ1v) is 9.70. The molecule has 1 aromatic heterocycles. The van der Waals surface area contributed by atoms with Crippen LogP contribution >= 0.6 is 35.2 Å². The average molecular weight is 407 g/mol. The standard InChI is InChI=1S/C12H14N2OS2.C7H5ClO/c1-13-11-8-9(12-4-3-7-16-12)5-6-10(11)14-17-15-2;8-7-3-1-2-6(4-7)5-9/h3-8,13-14H,1-2H3;1-5H. The first-order chi connectivity index (χ1) is 12.7. The van der Waals surface area contributed by atoms with Gasteiger partial charge in [0.15, 0.2) is 0 Å². The highest BCUT2D eigenvalue weighted by atomic mass is 35.5. The normalized spacial score (nSPS) is 9.81. The molecule has 7 heteroatoms. The Morgan fingerprint density at radius 3 is 2.54 bits per heavy atom. The van der Waals surface area contributed by atoms with Crippen molar-refractivity contribution in [2.24, 2.45) is 0 Å². The Morgan fingerprint density at radius 2 is 1.96 bits per heavy atom. The summed E-state index contributed by atoms with van der Waals surface area (Å²) in [6, 6.07) is 17.3. The van der Waals surface area contributed by atoms with Gasteiger partial charge in [0, 0.05) is 22.5 Å². The third kappa shape index (κ3) is 6.07. The van der Waals surface area contributed by atoms with Crippen LogP contribution in [0.1, 0.15) is 10.4 Å². The topological polar surface area (TPSA) is 50.4 Å². The summed E-state index contributed by atoms with van der Waals surface area (Å²) in [5.74, 6) is 0. The molecule has 0 amide bonds. The molecule has 0 saturated heterocycles. The van der Waals surface area contributed by atoms with E-state index >= 15 is 0 Å². The molecule has 0 saturated carbocycles. The molecule has 0 aliphatic rings. The molecule has 0 atom stereocenters. The zero-order valence-corrected chi connectivity index (χ0v) is 16.8. The van der Waals surface area contributed by atoms with Crippen molar-refractivity contribution >= 4 is 52.8 Å². The maximum absolute atomic E-state index is 10.1. The van der Waals surface area contributed by atoms with Gasteiger partial charge in [0.2, 0.25) is 0 Å². The van der Waals surface area contributed by atoms with Crippen molar-refractivity contribution in [2.75, 3.05) is 24.2 Å². The van der Waals surface area contributed by atoms with Gasteiger partial charge in [-0.3, -0.25) is 4.79 Å².